The number of aliphatic hydroxyl groups excluding tert-OH is 10. The summed E-state index contributed by atoms with van der Waals surface area (Å²) in [5, 5.41) is 99.1. The molecule has 3 fully saturated rings. The van der Waals surface area contributed by atoms with Crippen LogP contribution in [0.25, 0.3) is 0 Å². The molecule has 3 aliphatic rings. The van der Waals surface area contributed by atoms with E-state index in [1.807, 2.05) is 0 Å². The predicted octanol–water partition coefficient (Wildman–Crippen LogP) is -6.55. The van der Waals surface area contributed by atoms with Gasteiger partial charge in [0.2, 0.25) is 0 Å². The smallest absolute Gasteiger partial charge is 0.187 e. The highest BCUT2D eigenvalue weighted by Crippen LogP contribution is 2.30. The average Bonchev–Trinajstić information content (AvgIpc) is 2.79. The summed E-state index contributed by atoms with van der Waals surface area (Å²) in [6.07, 6.45) is -23.5. The van der Waals surface area contributed by atoms with Crippen LogP contribution in [0.15, 0.2) is 0 Å². The van der Waals surface area contributed by atoms with Gasteiger partial charge in [0, 0.05) is 0 Å². The van der Waals surface area contributed by atoms with Crippen LogP contribution >= 0.6 is 0 Å². The Morgan fingerprint density at radius 3 is 1.85 bits per heavy atom. The van der Waals surface area contributed by atoms with E-state index in [1.165, 1.54) is 6.92 Å². The zero-order valence-corrected chi connectivity index (χ0v) is 17.6. The lowest BCUT2D eigenvalue weighted by Crippen LogP contribution is -2.64. The molecule has 15 nitrogen and oxygen atoms in total. The minimum atomic E-state index is -1.81. The Morgan fingerprint density at radius 1 is 0.606 bits per heavy atom. The van der Waals surface area contributed by atoms with Gasteiger partial charge in [0.1, 0.15) is 67.1 Å². The van der Waals surface area contributed by atoms with Crippen molar-refractivity contribution in [3.8, 4) is 0 Å². The third kappa shape index (κ3) is 5.48. The average molecular weight is 488 g/mol. The van der Waals surface area contributed by atoms with Gasteiger partial charge in [-0.1, -0.05) is 0 Å². The van der Waals surface area contributed by atoms with Crippen LogP contribution < -0.4 is 0 Å². The third-order valence-corrected chi connectivity index (χ3v) is 6.04. The Hall–Kier alpha value is -0.600. The number of aliphatic hydroxyl groups is 10. The van der Waals surface area contributed by atoms with Gasteiger partial charge < -0.3 is 74.7 Å². The topological polar surface area (TPSA) is 248 Å². The minimum absolute atomic E-state index is 0.531. The van der Waals surface area contributed by atoms with Gasteiger partial charge >= 0.3 is 0 Å². The molecule has 10 N–H and O–H groups in total. The highest BCUT2D eigenvalue weighted by molar-refractivity contribution is 4.94. The zero-order chi connectivity index (χ0) is 24.6. The molecule has 194 valence electrons. The van der Waals surface area contributed by atoms with Gasteiger partial charge in [0.15, 0.2) is 18.9 Å². The Labute approximate surface area is 187 Å². The summed E-state index contributed by atoms with van der Waals surface area (Å²) in [6, 6.07) is 0. The van der Waals surface area contributed by atoms with Gasteiger partial charge in [-0.15, -0.1) is 0 Å². The lowest BCUT2D eigenvalue weighted by atomic mass is 9.97. The van der Waals surface area contributed by atoms with E-state index in [2.05, 4.69) is 0 Å². The zero-order valence-electron chi connectivity index (χ0n) is 17.6. The van der Waals surface area contributed by atoms with Crippen molar-refractivity contribution in [3.63, 3.8) is 0 Å². The van der Waals surface area contributed by atoms with Crippen LogP contribution in [0, 0.1) is 0 Å². The standard InChI is InChI=1S/C18H32O15/c1-4-7(20)12(25)15(33-17-14(27)11(24)8(21)5(2-19)32-17)18(30-4)29-3-6-9(22)10(23)13(26)16(28)31-6/h4-28H,2-3H2,1H3/t4-,5+,6+,7-,8+,9+,10-,11-,12+,13+,14+,15+,16+,17-,18+/m0/s1. The van der Waals surface area contributed by atoms with Crippen molar-refractivity contribution in [1.82, 2.24) is 0 Å². The fourth-order valence-electron chi connectivity index (χ4n) is 3.87. The molecule has 15 atom stereocenters. The molecule has 33 heavy (non-hydrogen) atoms. The van der Waals surface area contributed by atoms with Gasteiger partial charge in [-0.2, -0.15) is 0 Å². The highest BCUT2D eigenvalue weighted by Gasteiger charge is 2.51. The molecule has 3 heterocycles. The fraction of sp³-hybridized carbons (Fsp3) is 1.00. The minimum Gasteiger partial charge on any atom is -0.394 e. The van der Waals surface area contributed by atoms with E-state index in [-0.39, 0.29) is 0 Å². The second-order valence-corrected chi connectivity index (χ2v) is 8.36. The second-order valence-electron chi connectivity index (χ2n) is 8.36. The Morgan fingerprint density at radius 2 is 1.21 bits per heavy atom. The summed E-state index contributed by atoms with van der Waals surface area (Å²) in [6.45, 7) is 0.169. The Kier molecular flexibility index (Phi) is 8.99. The van der Waals surface area contributed by atoms with Crippen LogP contribution in [0.2, 0.25) is 0 Å². The molecule has 0 spiro atoms. The van der Waals surface area contributed by atoms with Crippen LogP contribution in [0.3, 0.4) is 0 Å². The van der Waals surface area contributed by atoms with E-state index in [4.69, 9.17) is 23.7 Å². The molecule has 15 heteroatoms. The molecule has 0 aliphatic carbocycles. The molecule has 3 aliphatic heterocycles. The summed E-state index contributed by atoms with van der Waals surface area (Å²) >= 11 is 0. The van der Waals surface area contributed by atoms with Crippen LogP contribution in [0.4, 0.5) is 0 Å². The highest BCUT2D eigenvalue weighted by atomic mass is 16.8. The van der Waals surface area contributed by atoms with E-state index in [1.54, 1.807) is 0 Å². The van der Waals surface area contributed by atoms with E-state index >= 15 is 0 Å². The lowest BCUT2D eigenvalue weighted by Gasteiger charge is -2.46. The van der Waals surface area contributed by atoms with Crippen molar-refractivity contribution in [3.05, 3.63) is 0 Å². The van der Waals surface area contributed by atoms with Crippen LogP contribution in [-0.2, 0) is 23.7 Å². The van der Waals surface area contributed by atoms with E-state index in [9.17, 15) is 51.1 Å². The number of rotatable bonds is 6. The normalized spacial score (nSPS) is 53.7. The van der Waals surface area contributed by atoms with Crippen molar-refractivity contribution >= 4 is 0 Å². The largest absolute Gasteiger partial charge is 0.394 e. The van der Waals surface area contributed by atoms with Crippen LogP contribution in [-0.4, -0.2) is 156 Å². The van der Waals surface area contributed by atoms with Crippen molar-refractivity contribution in [2.75, 3.05) is 13.2 Å². The first-order valence-electron chi connectivity index (χ1n) is 10.4. The number of ether oxygens (including phenoxy) is 5. The van der Waals surface area contributed by atoms with E-state index in [0.29, 0.717) is 0 Å². The van der Waals surface area contributed by atoms with Gasteiger partial charge in [-0.3, -0.25) is 0 Å². The Bertz CT molecular complexity index is 624. The first-order valence-corrected chi connectivity index (χ1v) is 10.4. The fourth-order valence-corrected chi connectivity index (χ4v) is 3.87. The van der Waals surface area contributed by atoms with Gasteiger partial charge in [-0.05, 0) is 6.92 Å². The van der Waals surface area contributed by atoms with E-state index < -0.39 is 105 Å². The maximum atomic E-state index is 10.5. The molecule has 0 aromatic rings. The maximum Gasteiger partial charge on any atom is 0.187 e. The molecule has 0 radical (unpaired) electrons. The first kappa shape index (κ1) is 27.0. The van der Waals surface area contributed by atoms with Crippen LogP contribution in [0.5, 0.6) is 0 Å². The predicted molar refractivity (Wildman–Crippen MR) is 99.8 cm³/mol. The SMILES string of the molecule is C[C@@H]1O[C@@H](OC[C@H]2O[C@@H](O)[C@H](O)[C@@H](O)[C@@H]2O)[C@H](O[C@@H]2O[C@H](CO)[C@@H](O)[C@H](O)[C@H]2O)[C@H](O)[C@H]1O. The van der Waals surface area contributed by atoms with Crippen LogP contribution in [0.1, 0.15) is 6.92 Å². The molecular weight excluding hydrogens is 456 g/mol. The summed E-state index contributed by atoms with van der Waals surface area (Å²) < 4.78 is 26.8. The van der Waals surface area contributed by atoms with Crippen molar-refractivity contribution in [2.24, 2.45) is 0 Å². The lowest BCUT2D eigenvalue weighted by molar-refractivity contribution is -0.369. The quantitative estimate of drug-likeness (QED) is 0.167. The summed E-state index contributed by atoms with van der Waals surface area (Å²) in [4.78, 5) is 0. The Balaban J connectivity index is 1.71. The van der Waals surface area contributed by atoms with Crippen molar-refractivity contribution in [2.45, 2.75) is 99.0 Å². The van der Waals surface area contributed by atoms with Crippen molar-refractivity contribution in [1.29, 1.82) is 0 Å². The van der Waals surface area contributed by atoms with Gasteiger partial charge in [0.05, 0.1) is 19.3 Å². The van der Waals surface area contributed by atoms with Gasteiger partial charge in [0.25, 0.3) is 0 Å². The van der Waals surface area contributed by atoms with Crippen molar-refractivity contribution < 1.29 is 74.7 Å². The molecular formula is C18H32O15. The third-order valence-electron chi connectivity index (χ3n) is 6.04. The summed E-state index contributed by atoms with van der Waals surface area (Å²) in [7, 11) is 0. The molecule has 3 rings (SSSR count). The molecule has 0 aromatic carbocycles. The number of hydrogen-bond donors (Lipinski definition) is 10. The summed E-state index contributed by atoms with van der Waals surface area (Å²) in [5.41, 5.74) is 0. The van der Waals surface area contributed by atoms with E-state index in [0.717, 1.165) is 0 Å². The molecule has 0 unspecified atom stereocenters. The molecule has 0 aromatic heterocycles. The monoisotopic (exact) mass is 488 g/mol. The maximum absolute atomic E-state index is 10.5. The molecule has 0 amide bonds. The molecule has 3 saturated heterocycles. The molecule has 0 bridgehead atoms. The second kappa shape index (κ2) is 11.0. The summed E-state index contributed by atoms with van der Waals surface area (Å²) in [5.74, 6) is 0. The number of hydrogen-bond acceptors (Lipinski definition) is 15. The van der Waals surface area contributed by atoms with Gasteiger partial charge in [-0.25, -0.2) is 0 Å². The first-order chi connectivity index (χ1) is 15.5. The molecule has 0 saturated carbocycles.